The highest BCUT2D eigenvalue weighted by Crippen LogP contribution is 2.09. The molecule has 0 saturated heterocycles. The Morgan fingerprint density at radius 2 is 1.17 bits per heavy atom. The average molecular weight is 433 g/mol. The lowest BCUT2D eigenvalue weighted by molar-refractivity contribution is -0.145. The Hall–Kier alpha value is -2.22. The number of ketones is 2. The van der Waals surface area contributed by atoms with Crippen molar-refractivity contribution in [1.29, 1.82) is 0 Å². The Morgan fingerprint density at radius 1 is 0.700 bits per heavy atom. The molecule has 0 spiro atoms. The molecular weight excluding hydrogens is 392 g/mol. The van der Waals surface area contributed by atoms with E-state index >= 15 is 0 Å². The van der Waals surface area contributed by atoms with Crippen LogP contribution in [-0.2, 0) is 38.1 Å². The number of allylic oxidation sites excluding steroid dienone is 1. The molecule has 0 N–H and O–H groups in total. The van der Waals surface area contributed by atoms with Gasteiger partial charge in [-0.25, -0.2) is 4.79 Å². The predicted molar refractivity (Wildman–Crippen MR) is 115 cm³/mol. The Morgan fingerprint density at radius 3 is 1.43 bits per heavy atom. The standard InChI is InChI=1S/C10H16O4.C6H10O3.C6H14O/c1-5-13-8(4)9(7(3)11)10(12)14-6-2;1-3-9-6(8)4-5(2)7;1-5-7-6(2,3)4/h5-6H2,1-4H3;3-4H2,1-2H3;5H2,1-4H3/b9-8-;;. The SMILES string of the molecule is CCOC(=O)/C(C(C)=O)=C(/C)OCC.CCOC(=O)CC(C)=O.CCOC(C)(C)C. The third kappa shape index (κ3) is 22.1. The maximum absolute atomic E-state index is 11.3. The first-order chi connectivity index (χ1) is 13.8. The van der Waals surface area contributed by atoms with E-state index in [0.29, 0.717) is 19.0 Å². The quantitative estimate of drug-likeness (QED) is 0.178. The van der Waals surface area contributed by atoms with E-state index in [1.807, 2.05) is 6.92 Å². The molecule has 0 aromatic rings. The number of hydrogen-bond acceptors (Lipinski definition) is 8. The van der Waals surface area contributed by atoms with Crippen molar-refractivity contribution in [2.75, 3.05) is 26.4 Å². The number of esters is 2. The lowest BCUT2D eigenvalue weighted by Gasteiger charge is -2.17. The maximum Gasteiger partial charge on any atom is 0.345 e. The van der Waals surface area contributed by atoms with Crippen molar-refractivity contribution < 1.29 is 38.1 Å². The molecule has 30 heavy (non-hydrogen) atoms. The smallest absolute Gasteiger partial charge is 0.345 e. The van der Waals surface area contributed by atoms with Gasteiger partial charge in [0.2, 0.25) is 0 Å². The number of carbonyl (C=O) groups is 4. The second kappa shape index (κ2) is 18.8. The van der Waals surface area contributed by atoms with Gasteiger partial charge < -0.3 is 18.9 Å². The number of ether oxygens (including phenoxy) is 4. The molecule has 0 fully saturated rings. The molecule has 176 valence electrons. The number of carbonyl (C=O) groups excluding carboxylic acids is 4. The Kier molecular flexibility index (Phi) is 20.3. The van der Waals surface area contributed by atoms with E-state index in [2.05, 4.69) is 25.5 Å². The largest absolute Gasteiger partial charge is 0.497 e. The normalized spacial score (nSPS) is 10.9. The van der Waals surface area contributed by atoms with Crippen LogP contribution in [0.4, 0.5) is 0 Å². The molecule has 0 aromatic carbocycles. The van der Waals surface area contributed by atoms with Crippen molar-refractivity contribution in [2.45, 2.75) is 81.3 Å². The molecule has 0 unspecified atom stereocenters. The van der Waals surface area contributed by atoms with Gasteiger partial charge in [0, 0.05) is 6.61 Å². The maximum atomic E-state index is 11.3. The summed E-state index contributed by atoms with van der Waals surface area (Å²) in [7, 11) is 0. The predicted octanol–water partition coefficient (Wildman–Crippen LogP) is 3.80. The summed E-state index contributed by atoms with van der Waals surface area (Å²) in [5.41, 5.74) is 0.0445. The molecule has 0 aliphatic rings. The summed E-state index contributed by atoms with van der Waals surface area (Å²) in [5.74, 6) is -1.24. The molecule has 8 heteroatoms. The van der Waals surface area contributed by atoms with Gasteiger partial charge >= 0.3 is 11.9 Å². The van der Waals surface area contributed by atoms with Crippen LogP contribution in [0.15, 0.2) is 11.3 Å². The van der Waals surface area contributed by atoms with E-state index in [0.717, 1.165) is 6.61 Å². The van der Waals surface area contributed by atoms with Gasteiger partial charge in [-0.15, -0.1) is 0 Å². The molecule has 0 aliphatic heterocycles. The number of Topliss-reactive ketones (excluding diaryl/α,β-unsaturated/α-hetero) is 2. The van der Waals surface area contributed by atoms with Crippen LogP contribution >= 0.6 is 0 Å². The Labute approximate surface area is 181 Å². The van der Waals surface area contributed by atoms with Gasteiger partial charge in [-0.2, -0.15) is 0 Å². The molecule has 0 aliphatic carbocycles. The first kappa shape index (κ1) is 32.4. The van der Waals surface area contributed by atoms with Crippen LogP contribution < -0.4 is 0 Å². The third-order valence-corrected chi connectivity index (χ3v) is 2.82. The molecule has 0 heterocycles. The van der Waals surface area contributed by atoms with Crippen molar-refractivity contribution in [1.82, 2.24) is 0 Å². The molecular formula is C22H40O8. The Bertz CT molecular complexity index is 556. The summed E-state index contributed by atoms with van der Waals surface area (Å²) >= 11 is 0. The molecule has 8 nitrogen and oxygen atoms in total. The average Bonchev–Trinajstić information content (AvgIpc) is 2.54. The fourth-order valence-corrected chi connectivity index (χ4v) is 1.88. The lowest BCUT2D eigenvalue weighted by Crippen LogP contribution is -2.18. The van der Waals surface area contributed by atoms with Crippen molar-refractivity contribution in [3.8, 4) is 0 Å². The molecule has 0 atom stereocenters. The van der Waals surface area contributed by atoms with Crippen molar-refractivity contribution in [3.05, 3.63) is 11.3 Å². The van der Waals surface area contributed by atoms with Gasteiger partial charge in [-0.05, 0) is 69.2 Å². The zero-order valence-electron chi connectivity index (χ0n) is 20.3. The van der Waals surface area contributed by atoms with Crippen LogP contribution in [-0.4, -0.2) is 55.5 Å². The second-order valence-corrected chi connectivity index (χ2v) is 6.87. The molecule has 0 saturated carbocycles. The van der Waals surface area contributed by atoms with Gasteiger partial charge in [0.25, 0.3) is 0 Å². The van der Waals surface area contributed by atoms with E-state index in [4.69, 9.17) is 14.2 Å². The van der Waals surface area contributed by atoms with Crippen LogP contribution in [0.3, 0.4) is 0 Å². The highest BCUT2D eigenvalue weighted by atomic mass is 16.5. The fraction of sp³-hybridized carbons (Fsp3) is 0.727. The van der Waals surface area contributed by atoms with E-state index in [1.54, 1.807) is 27.7 Å². The molecule has 0 radical (unpaired) electrons. The second-order valence-electron chi connectivity index (χ2n) is 6.87. The summed E-state index contributed by atoms with van der Waals surface area (Å²) in [4.78, 5) is 43.1. The summed E-state index contributed by atoms with van der Waals surface area (Å²) in [6.45, 7) is 19.4. The zero-order valence-corrected chi connectivity index (χ0v) is 20.3. The highest BCUT2D eigenvalue weighted by molar-refractivity contribution is 6.16. The molecule has 0 bridgehead atoms. The van der Waals surface area contributed by atoms with Crippen LogP contribution in [0, 0.1) is 0 Å². The summed E-state index contributed by atoms with van der Waals surface area (Å²) in [5, 5.41) is 0. The topological polar surface area (TPSA) is 105 Å². The molecule has 0 amide bonds. The van der Waals surface area contributed by atoms with Crippen molar-refractivity contribution in [3.63, 3.8) is 0 Å². The minimum absolute atomic E-state index is 0.00583. The number of rotatable bonds is 9. The number of hydrogen-bond donors (Lipinski definition) is 0. The van der Waals surface area contributed by atoms with Crippen LogP contribution in [0.5, 0.6) is 0 Å². The van der Waals surface area contributed by atoms with Gasteiger partial charge in [0.15, 0.2) is 5.78 Å². The van der Waals surface area contributed by atoms with E-state index in [9.17, 15) is 19.2 Å². The van der Waals surface area contributed by atoms with E-state index < -0.39 is 11.9 Å². The molecule has 0 rings (SSSR count). The lowest BCUT2D eigenvalue weighted by atomic mass is 10.1. The van der Waals surface area contributed by atoms with Gasteiger partial charge in [0.1, 0.15) is 23.5 Å². The summed E-state index contributed by atoms with van der Waals surface area (Å²) in [6, 6.07) is 0. The fourth-order valence-electron chi connectivity index (χ4n) is 1.88. The summed E-state index contributed by atoms with van der Waals surface area (Å²) < 4.78 is 19.5. The van der Waals surface area contributed by atoms with Gasteiger partial charge in [-0.3, -0.25) is 14.4 Å². The highest BCUT2D eigenvalue weighted by Gasteiger charge is 2.19. The molecule has 0 aromatic heterocycles. The van der Waals surface area contributed by atoms with E-state index in [1.165, 1.54) is 13.8 Å². The monoisotopic (exact) mass is 432 g/mol. The zero-order chi connectivity index (χ0) is 24.3. The van der Waals surface area contributed by atoms with Crippen molar-refractivity contribution in [2.24, 2.45) is 0 Å². The summed E-state index contributed by atoms with van der Waals surface area (Å²) in [6.07, 6.45) is -0.103. The van der Waals surface area contributed by atoms with Crippen molar-refractivity contribution >= 4 is 23.5 Å². The Balaban J connectivity index is -0.000000393. The van der Waals surface area contributed by atoms with Gasteiger partial charge in [0.05, 0.1) is 25.4 Å². The van der Waals surface area contributed by atoms with Crippen LogP contribution in [0.1, 0.15) is 75.7 Å². The van der Waals surface area contributed by atoms with E-state index in [-0.39, 0.29) is 35.8 Å². The minimum Gasteiger partial charge on any atom is -0.497 e. The third-order valence-electron chi connectivity index (χ3n) is 2.82. The minimum atomic E-state index is -0.619. The van der Waals surface area contributed by atoms with Crippen LogP contribution in [0.25, 0.3) is 0 Å². The first-order valence-corrected chi connectivity index (χ1v) is 10.1. The first-order valence-electron chi connectivity index (χ1n) is 10.1. The van der Waals surface area contributed by atoms with Gasteiger partial charge in [-0.1, -0.05) is 0 Å². The van der Waals surface area contributed by atoms with Crippen LogP contribution in [0.2, 0.25) is 0 Å².